The van der Waals surface area contributed by atoms with Crippen LogP contribution in [-0.4, -0.2) is 44.5 Å². The molecule has 204 valence electrons. The fraction of sp³-hybridized carbons (Fsp3) is 0.231. The summed E-state index contributed by atoms with van der Waals surface area (Å²) in [5, 5.41) is 2.67. The lowest BCUT2D eigenvalue weighted by Crippen LogP contribution is -2.40. The largest absolute Gasteiger partial charge is 0.332 e. The first kappa shape index (κ1) is 26.5. The summed E-state index contributed by atoms with van der Waals surface area (Å²) in [5.41, 5.74) is 0.360. The summed E-state index contributed by atoms with van der Waals surface area (Å²) < 4.78 is 30.6. The molecule has 0 aromatic carbocycles. The molecular weight excluding hydrogens is 524 g/mol. The minimum absolute atomic E-state index is 0.0456. The standard InChI is InChI=1S/C26H23F2N9O3/c1-15-32-22-21(23(39)37(25(40)35(22)3)13-17-7-4-5-10-29-17)36(15)14-20(38)34-19-9-6-8-18(33-19)16-11-30-24(31-12-16)26(2,27)28/h4-12H,13-14H2,1-3H3,(H,33,34,38). The molecule has 0 saturated carbocycles. The van der Waals surface area contributed by atoms with Crippen molar-refractivity contribution in [2.45, 2.75) is 32.9 Å². The number of hydrogen-bond acceptors (Lipinski definition) is 8. The van der Waals surface area contributed by atoms with E-state index in [9.17, 15) is 23.2 Å². The van der Waals surface area contributed by atoms with Crippen molar-refractivity contribution in [3.8, 4) is 11.3 Å². The molecule has 0 aliphatic carbocycles. The molecule has 12 nitrogen and oxygen atoms in total. The molecule has 5 aromatic heterocycles. The van der Waals surface area contributed by atoms with Gasteiger partial charge in [0, 0.05) is 38.1 Å². The molecule has 0 bridgehead atoms. The Labute approximate surface area is 225 Å². The summed E-state index contributed by atoms with van der Waals surface area (Å²) in [5.74, 6) is -3.74. The van der Waals surface area contributed by atoms with Crippen molar-refractivity contribution < 1.29 is 13.6 Å². The van der Waals surface area contributed by atoms with Gasteiger partial charge in [-0.1, -0.05) is 12.1 Å². The number of imidazole rings is 1. The minimum Gasteiger partial charge on any atom is -0.313 e. The van der Waals surface area contributed by atoms with E-state index in [0.29, 0.717) is 29.7 Å². The SMILES string of the molecule is Cc1nc2c(c(=O)n(Cc3ccccn3)c(=O)n2C)n1CC(=O)Nc1cccc(-c2cnc(C(C)(F)F)nc2)n1. The number of nitrogens with zero attached hydrogens (tertiary/aromatic N) is 8. The van der Waals surface area contributed by atoms with Crippen molar-refractivity contribution in [2.75, 3.05) is 5.32 Å². The van der Waals surface area contributed by atoms with Crippen LogP contribution in [0.25, 0.3) is 22.4 Å². The zero-order chi connectivity index (χ0) is 28.6. The number of alkyl halides is 2. The summed E-state index contributed by atoms with van der Waals surface area (Å²) in [4.78, 5) is 59.7. The van der Waals surface area contributed by atoms with Gasteiger partial charge in [-0.05, 0) is 31.2 Å². The predicted octanol–water partition coefficient (Wildman–Crippen LogP) is 2.25. The molecule has 0 fully saturated rings. The molecule has 0 unspecified atom stereocenters. The van der Waals surface area contributed by atoms with Crippen LogP contribution in [0.2, 0.25) is 0 Å². The summed E-state index contributed by atoms with van der Waals surface area (Å²) in [6.07, 6.45) is 4.03. The third-order valence-electron chi connectivity index (χ3n) is 6.13. The second-order valence-corrected chi connectivity index (χ2v) is 9.11. The van der Waals surface area contributed by atoms with Gasteiger partial charge in [-0.3, -0.25) is 23.7 Å². The molecule has 5 rings (SSSR count). The van der Waals surface area contributed by atoms with Crippen LogP contribution in [0.5, 0.6) is 0 Å². The fourth-order valence-corrected chi connectivity index (χ4v) is 4.15. The Hall–Kier alpha value is -5.14. The number of aromatic nitrogens is 8. The van der Waals surface area contributed by atoms with Gasteiger partial charge >= 0.3 is 11.6 Å². The smallest absolute Gasteiger partial charge is 0.313 e. The van der Waals surface area contributed by atoms with Crippen molar-refractivity contribution in [1.29, 1.82) is 0 Å². The Bertz CT molecular complexity index is 1840. The number of halogens is 2. The molecule has 14 heteroatoms. The summed E-state index contributed by atoms with van der Waals surface area (Å²) in [6.45, 7) is 2.00. The lowest BCUT2D eigenvalue weighted by Gasteiger charge is -2.11. The number of amides is 1. The Balaban J connectivity index is 1.42. The highest BCUT2D eigenvalue weighted by molar-refractivity contribution is 5.91. The number of hydrogen-bond donors (Lipinski definition) is 1. The van der Waals surface area contributed by atoms with Gasteiger partial charge in [0.1, 0.15) is 18.2 Å². The summed E-state index contributed by atoms with van der Waals surface area (Å²) in [7, 11) is 1.50. The van der Waals surface area contributed by atoms with E-state index < -0.39 is 28.9 Å². The predicted molar refractivity (Wildman–Crippen MR) is 141 cm³/mol. The molecule has 0 aliphatic heterocycles. The zero-order valence-corrected chi connectivity index (χ0v) is 21.7. The van der Waals surface area contributed by atoms with E-state index in [1.807, 2.05) is 0 Å². The monoisotopic (exact) mass is 547 g/mol. The second kappa shape index (κ2) is 10.2. The third kappa shape index (κ3) is 5.10. The molecule has 5 heterocycles. The maximum Gasteiger partial charge on any atom is 0.332 e. The third-order valence-corrected chi connectivity index (χ3v) is 6.13. The fourth-order valence-electron chi connectivity index (χ4n) is 4.15. The van der Waals surface area contributed by atoms with E-state index in [0.717, 1.165) is 4.57 Å². The van der Waals surface area contributed by atoms with Crippen LogP contribution in [-0.2, 0) is 30.9 Å². The average Bonchev–Trinajstić information content (AvgIpc) is 3.26. The highest BCUT2D eigenvalue weighted by Crippen LogP contribution is 2.25. The Kier molecular flexibility index (Phi) is 6.75. The molecule has 0 saturated heterocycles. The number of pyridine rings is 2. The summed E-state index contributed by atoms with van der Waals surface area (Å²) >= 11 is 0. The van der Waals surface area contributed by atoms with Gasteiger partial charge in [0.25, 0.3) is 5.56 Å². The number of anilines is 1. The van der Waals surface area contributed by atoms with Crippen LogP contribution in [0, 0.1) is 6.92 Å². The lowest BCUT2D eigenvalue weighted by atomic mass is 10.2. The van der Waals surface area contributed by atoms with E-state index in [2.05, 4.69) is 30.2 Å². The first-order valence-corrected chi connectivity index (χ1v) is 12.1. The van der Waals surface area contributed by atoms with Gasteiger partial charge < -0.3 is 9.88 Å². The quantitative estimate of drug-likeness (QED) is 0.327. The van der Waals surface area contributed by atoms with Crippen LogP contribution in [0.4, 0.5) is 14.6 Å². The van der Waals surface area contributed by atoms with Crippen molar-refractivity contribution >= 4 is 22.9 Å². The molecule has 1 amide bonds. The molecule has 0 aliphatic rings. The maximum absolute atomic E-state index is 13.4. The first-order chi connectivity index (χ1) is 19.0. The van der Waals surface area contributed by atoms with E-state index in [1.54, 1.807) is 49.5 Å². The van der Waals surface area contributed by atoms with Gasteiger partial charge in [-0.2, -0.15) is 8.78 Å². The molecular formula is C26H23F2N9O3. The lowest BCUT2D eigenvalue weighted by molar-refractivity contribution is -0.116. The molecule has 5 aromatic rings. The number of nitrogens with one attached hydrogen (secondary N) is 1. The Morgan fingerprint density at radius 1 is 1.00 bits per heavy atom. The number of fused-ring (bicyclic) bond motifs is 1. The Morgan fingerprint density at radius 2 is 1.75 bits per heavy atom. The first-order valence-electron chi connectivity index (χ1n) is 12.1. The van der Waals surface area contributed by atoms with Crippen LogP contribution in [0.15, 0.2) is 64.6 Å². The topological polar surface area (TPSA) is 142 Å². The van der Waals surface area contributed by atoms with Crippen LogP contribution < -0.4 is 16.6 Å². The number of carbonyl (C=O) groups is 1. The number of carbonyl (C=O) groups excluding carboxylic acids is 1. The highest BCUT2D eigenvalue weighted by Gasteiger charge is 2.28. The second-order valence-electron chi connectivity index (χ2n) is 9.11. The average molecular weight is 548 g/mol. The maximum atomic E-state index is 13.4. The van der Waals surface area contributed by atoms with Crippen LogP contribution >= 0.6 is 0 Å². The van der Waals surface area contributed by atoms with Crippen molar-refractivity contribution in [3.63, 3.8) is 0 Å². The highest BCUT2D eigenvalue weighted by atomic mass is 19.3. The molecule has 40 heavy (non-hydrogen) atoms. The van der Waals surface area contributed by atoms with Gasteiger partial charge in [0.05, 0.1) is 17.9 Å². The van der Waals surface area contributed by atoms with Gasteiger partial charge in [0.2, 0.25) is 5.91 Å². The van der Waals surface area contributed by atoms with Crippen LogP contribution in [0.3, 0.4) is 0 Å². The normalized spacial score (nSPS) is 11.6. The number of rotatable bonds is 7. The zero-order valence-electron chi connectivity index (χ0n) is 21.7. The van der Waals surface area contributed by atoms with Crippen molar-refractivity contribution in [3.05, 3.63) is 93.2 Å². The minimum atomic E-state index is -3.18. The van der Waals surface area contributed by atoms with E-state index in [4.69, 9.17) is 0 Å². The van der Waals surface area contributed by atoms with Crippen LogP contribution in [0.1, 0.15) is 24.3 Å². The summed E-state index contributed by atoms with van der Waals surface area (Å²) in [6, 6.07) is 9.99. The van der Waals surface area contributed by atoms with Crippen molar-refractivity contribution in [2.24, 2.45) is 7.05 Å². The molecule has 0 atom stereocenters. The van der Waals surface area contributed by atoms with Gasteiger partial charge in [0.15, 0.2) is 17.0 Å². The van der Waals surface area contributed by atoms with E-state index >= 15 is 0 Å². The molecule has 0 radical (unpaired) electrons. The van der Waals surface area contributed by atoms with E-state index in [1.165, 1.54) is 28.6 Å². The van der Waals surface area contributed by atoms with Gasteiger partial charge in [-0.15, -0.1) is 0 Å². The molecule has 1 N–H and O–H groups in total. The number of aryl methyl sites for hydroxylation is 2. The Morgan fingerprint density at radius 3 is 2.42 bits per heavy atom. The van der Waals surface area contributed by atoms with Crippen molar-refractivity contribution in [1.82, 2.24) is 38.6 Å². The molecule has 0 spiro atoms. The van der Waals surface area contributed by atoms with E-state index in [-0.39, 0.29) is 30.1 Å². The van der Waals surface area contributed by atoms with Gasteiger partial charge in [-0.25, -0.2) is 24.7 Å².